The monoisotopic (exact) mass is 277 g/mol. The van der Waals surface area contributed by atoms with Crippen LogP contribution in [0.25, 0.3) is 16.9 Å². The number of hydrogen-bond acceptors (Lipinski definition) is 5. The largest absolute Gasteiger partial charge is 0.494 e. The summed E-state index contributed by atoms with van der Waals surface area (Å²) in [5, 5.41) is 0. The molecule has 0 saturated heterocycles. The summed E-state index contributed by atoms with van der Waals surface area (Å²) in [4.78, 5) is 23.4. The number of rotatable bonds is 4. The number of methoxy groups -OCH3 is 1. The summed E-state index contributed by atoms with van der Waals surface area (Å²) in [5.74, 6) is -0.715. The molecule has 1 heterocycles. The van der Waals surface area contributed by atoms with E-state index in [0.29, 0.717) is 29.0 Å². The van der Waals surface area contributed by atoms with Gasteiger partial charge in [-0.25, -0.2) is 9.59 Å². The molecule has 2 aromatic rings. The molecule has 0 amide bonds. The maximum absolute atomic E-state index is 11.9. The minimum atomic E-state index is -0.531. The molecule has 20 heavy (non-hydrogen) atoms. The molecule has 0 N–H and O–H groups in total. The molecule has 2 rings (SSSR count). The molecule has 0 unspecified atom stereocenters. The zero-order chi connectivity index (χ0) is 14.9. The van der Waals surface area contributed by atoms with Crippen LogP contribution in [0.1, 0.15) is 22.8 Å². The summed E-state index contributed by atoms with van der Waals surface area (Å²) in [6.45, 7) is 5.99. The standard InChI is InChI=1S/C14H15NO5/c1-5-19-8(2)9-7-12-11(15(3)14(17)20-12)6-10(9)13(16)18-4/h6-7H,2,5H2,1,3-4H3. The van der Waals surface area contributed by atoms with Gasteiger partial charge in [-0.3, -0.25) is 4.57 Å². The van der Waals surface area contributed by atoms with Crippen molar-refractivity contribution in [2.45, 2.75) is 6.92 Å². The maximum atomic E-state index is 11.9. The Kier molecular flexibility index (Phi) is 3.65. The number of nitrogens with zero attached hydrogens (tertiary/aromatic N) is 1. The van der Waals surface area contributed by atoms with Crippen molar-refractivity contribution in [2.24, 2.45) is 7.05 Å². The van der Waals surface area contributed by atoms with Crippen LogP contribution < -0.4 is 5.76 Å². The Hall–Kier alpha value is -2.50. The lowest BCUT2D eigenvalue weighted by molar-refractivity contribution is 0.0600. The number of hydrogen-bond donors (Lipinski definition) is 0. The van der Waals surface area contributed by atoms with Crippen LogP contribution in [-0.2, 0) is 16.5 Å². The van der Waals surface area contributed by atoms with E-state index in [2.05, 4.69) is 6.58 Å². The van der Waals surface area contributed by atoms with Gasteiger partial charge >= 0.3 is 11.7 Å². The van der Waals surface area contributed by atoms with Crippen molar-refractivity contribution in [3.63, 3.8) is 0 Å². The molecule has 0 bridgehead atoms. The van der Waals surface area contributed by atoms with Crippen LogP contribution in [-0.4, -0.2) is 24.3 Å². The molecule has 6 nitrogen and oxygen atoms in total. The molecular weight excluding hydrogens is 262 g/mol. The Bertz CT molecular complexity index is 738. The third-order valence-electron chi connectivity index (χ3n) is 2.96. The number of esters is 1. The summed E-state index contributed by atoms with van der Waals surface area (Å²) in [5.41, 5.74) is 1.58. The lowest BCUT2D eigenvalue weighted by atomic mass is 10.1. The van der Waals surface area contributed by atoms with Crippen LogP contribution in [0.2, 0.25) is 0 Å². The average Bonchev–Trinajstić information content (AvgIpc) is 2.72. The van der Waals surface area contributed by atoms with E-state index >= 15 is 0 Å². The van der Waals surface area contributed by atoms with Gasteiger partial charge in [0, 0.05) is 12.6 Å². The Balaban J connectivity index is 2.73. The second kappa shape index (κ2) is 5.24. The van der Waals surface area contributed by atoms with E-state index in [-0.39, 0.29) is 5.56 Å². The Morgan fingerprint density at radius 3 is 2.70 bits per heavy atom. The fraction of sp³-hybridized carbons (Fsp3) is 0.286. The molecule has 1 aromatic heterocycles. The predicted octanol–water partition coefficient (Wildman–Crippen LogP) is 1.93. The molecular formula is C14H15NO5. The number of carbonyl (C=O) groups excluding carboxylic acids is 1. The van der Waals surface area contributed by atoms with Crippen LogP contribution in [0.4, 0.5) is 0 Å². The third-order valence-corrected chi connectivity index (χ3v) is 2.96. The quantitative estimate of drug-likeness (QED) is 0.630. The fourth-order valence-corrected chi connectivity index (χ4v) is 1.93. The number of ether oxygens (including phenoxy) is 2. The zero-order valence-corrected chi connectivity index (χ0v) is 11.6. The van der Waals surface area contributed by atoms with Crippen LogP contribution in [0.15, 0.2) is 27.9 Å². The first-order valence-corrected chi connectivity index (χ1v) is 6.03. The molecule has 0 atom stereocenters. The predicted molar refractivity (Wildman–Crippen MR) is 73.5 cm³/mol. The van der Waals surface area contributed by atoms with Crippen LogP contribution >= 0.6 is 0 Å². The van der Waals surface area contributed by atoms with Crippen molar-refractivity contribution in [1.82, 2.24) is 4.57 Å². The molecule has 0 fully saturated rings. The molecule has 0 aliphatic rings. The number of oxazole rings is 1. The van der Waals surface area contributed by atoms with Crippen molar-refractivity contribution in [2.75, 3.05) is 13.7 Å². The van der Waals surface area contributed by atoms with E-state index in [9.17, 15) is 9.59 Å². The summed E-state index contributed by atoms with van der Waals surface area (Å²) in [7, 11) is 2.85. The first kappa shape index (κ1) is 13.9. The van der Waals surface area contributed by atoms with E-state index < -0.39 is 11.7 Å². The van der Waals surface area contributed by atoms with Gasteiger partial charge in [0.1, 0.15) is 5.76 Å². The van der Waals surface area contributed by atoms with E-state index in [1.807, 2.05) is 6.92 Å². The number of aromatic nitrogens is 1. The summed E-state index contributed by atoms with van der Waals surface area (Å²) < 4.78 is 16.5. The number of aryl methyl sites for hydroxylation is 1. The lowest BCUT2D eigenvalue weighted by Gasteiger charge is -2.11. The van der Waals surface area contributed by atoms with Crippen molar-refractivity contribution < 1.29 is 18.7 Å². The second-order valence-electron chi connectivity index (χ2n) is 4.14. The molecule has 6 heteroatoms. The minimum Gasteiger partial charge on any atom is -0.494 e. The fourth-order valence-electron chi connectivity index (χ4n) is 1.93. The van der Waals surface area contributed by atoms with E-state index in [4.69, 9.17) is 13.9 Å². The van der Waals surface area contributed by atoms with Crippen molar-refractivity contribution in [3.05, 3.63) is 40.4 Å². The normalized spacial score (nSPS) is 10.6. The molecule has 0 radical (unpaired) electrons. The molecule has 0 spiro atoms. The van der Waals surface area contributed by atoms with Gasteiger partial charge in [-0.05, 0) is 19.1 Å². The topological polar surface area (TPSA) is 70.7 Å². The molecule has 0 saturated carbocycles. The average molecular weight is 277 g/mol. The van der Waals surface area contributed by atoms with Gasteiger partial charge in [-0.15, -0.1) is 0 Å². The first-order valence-electron chi connectivity index (χ1n) is 6.03. The van der Waals surface area contributed by atoms with Crippen molar-refractivity contribution in [1.29, 1.82) is 0 Å². The van der Waals surface area contributed by atoms with Gasteiger partial charge in [0.05, 0.1) is 24.8 Å². The van der Waals surface area contributed by atoms with Gasteiger partial charge in [0.25, 0.3) is 0 Å². The Labute approximate surface area is 115 Å². The van der Waals surface area contributed by atoms with Crippen LogP contribution in [0.5, 0.6) is 0 Å². The van der Waals surface area contributed by atoms with Crippen molar-refractivity contribution in [3.8, 4) is 0 Å². The van der Waals surface area contributed by atoms with Crippen LogP contribution in [0, 0.1) is 0 Å². The SMILES string of the molecule is C=C(OCC)c1cc2oc(=O)n(C)c2cc1C(=O)OC. The first-order chi connectivity index (χ1) is 9.49. The van der Waals surface area contributed by atoms with E-state index in [1.165, 1.54) is 17.7 Å². The number of benzene rings is 1. The smallest absolute Gasteiger partial charge is 0.419 e. The molecule has 106 valence electrons. The third kappa shape index (κ3) is 2.20. The molecule has 0 aliphatic carbocycles. The zero-order valence-electron chi connectivity index (χ0n) is 11.6. The highest BCUT2D eigenvalue weighted by atomic mass is 16.5. The molecule has 1 aromatic carbocycles. The highest BCUT2D eigenvalue weighted by Gasteiger charge is 2.19. The molecule has 0 aliphatic heterocycles. The summed E-state index contributed by atoms with van der Waals surface area (Å²) in [6, 6.07) is 3.09. The van der Waals surface area contributed by atoms with E-state index in [1.54, 1.807) is 13.1 Å². The summed E-state index contributed by atoms with van der Waals surface area (Å²) >= 11 is 0. The van der Waals surface area contributed by atoms with Crippen LogP contribution in [0.3, 0.4) is 0 Å². The number of carbonyl (C=O) groups is 1. The highest BCUT2D eigenvalue weighted by molar-refractivity contribution is 5.98. The van der Waals surface area contributed by atoms with E-state index in [0.717, 1.165) is 0 Å². The Morgan fingerprint density at radius 2 is 2.10 bits per heavy atom. The summed E-state index contributed by atoms with van der Waals surface area (Å²) in [6.07, 6.45) is 0. The second-order valence-corrected chi connectivity index (χ2v) is 4.14. The highest BCUT2D eigenvalue weighted by Crippen LogP contribution is 2.25. The maximum Gasteiger partial charge on any atom is 0.419 e. The van der Waals surface area contributed by atoms with Gasteiger partial charge in [0.15, 0.2) is 5.58 Å². The van der Waals surface area contributed by atoms with Gasteiger partial charge in [-0.1, -0.05) is 6.58 Å². The van der Waals surface area contributed by atoms with Gasteiger partial charge < -0.3 is 13.9 Å². The Morgan fingerprint density at radius 1 is 1.40 bits per heavy atom. The number of fused-ring (bicyclic) bond motifs is 1. The van der Waals surface area contributed by atoms with Gasteiger partial charge in [0.2, 0.25) is 0 Å². The minimum absolute atomic E-state index is 0.273. The van der Waals surface area contributed by atoms with Gasteiger partial charge in [-0.2, -0.15) is 0 Å². The lowest BCUT2D eigenvalue weighted by Crippen LogP contribution is -2.10. The van der Waals surface area contributed by atoms with Crippen molar-refractivity contribution >= 4 is 22.8 Å².